The molecule has 1 fully saturated rings. The number of nitrogens with zero attached hydrogens (tertiary/aromatic N) is 2. The van der Waals surface area contributed by atoms with Gasteiger partial charge >= 0.3 is 6.09 Å². The molecule has 1 spiro atoms. The third-order valence-electron chi connectivity index (χ3n) is 4.39. The zero-order valence-corrected chi connectivity index (χ0v) is 14.2. The third kappa shape index (κ3) is 2.15. The first-order valence-corrected chi connectivity index (χ1v) is 8.29. The van der Waals surface area contributed by atoms with Gasteiger partial charge in [0.2, 0.25) is 0 Å². The van der Waals surface area contributed by atoms with Crippen LogP contribution in [-0.4, -0.2) is 29.7 Å². The van der Waals surface area contributed by atoms with Crippen LogP contribution in [0, 0.1) is 11.3 Å². The molecule has 1 saturated heterocycles. The highest BCUT2D eigenvalue weighted by atomic mass is 32.1. The van der Waals surface area contributed by atoms with E-state index in [-0.39, 0.29) is 11.5 Å². The summed E-state index contributed by atoms with van der Waals surface area (Å²) in [7, 11) is 0. The van der Waals surface area contributed by atoms with Gasteiger partial charge in [-0.15, -0.1) is 11.3 Å². The summed E-state index contributed by atoms with van der Waals surface area (Å²) in [6.45, 7) is 8.99. The van der Waals surface area contributed by atoms with Crippen LogP contribution < -0.4 is 5.73 Å². The second kappa shape index (κ2) is 4.63. The zero-order chi connectivity index (χ0) is 16.3. The molecule has 118 valence electrons. The maximum Gasteiger partial charge on any atom is 0.410 e. The molecule has 0 radical (unpaired) electrons. The van der Waals surface area contributed by atoms with E-state index in [2.05, 4.69) is 13.0 Å². The Labute approximate surface area is 134 Å². The van der Waals surface area contributed by atoms with Gasteiger partial charge in [0.05, 0.1) is 5.56 Å². The van der Waals surface area contributed by atoms with E-state index in [1.54, 1.807) is 4.90 Å². The molecular formula is C16H21N3O2S. The van der Waals surface area contributed by atoms with Crippen LogP contribution in [-0.2, 0) is 10.2 Å². The van der Waals surface area contributed by atoms with Gasteiger partial charge in [0.1, 0.15) is 16.7 Å². The van der Waals surface area contributed by atoms with Gasteiger partial charge in [-0.2, -0.15) is 5.26 Å². The van der Waals surface area contributed by atoms with Crippen LogP contribution in [0.4, 0.5) is 9.80 Å². The standard InChI is InChI=1S/C16H21N3O2S/c1-9-5-16(11-10(6-17)13(18)22-12(9)11)7-19(8-16)14(20)21-15(2,3)4/h9H,5,7-8,18H2,1-4H3. The van der Waals surface area contributed by atoms with Crippen molar-refractivity contribution in [1.82, 2.24) is 4.90 Å². The Hall–Kier alpha value is -1.74. The number of nitrogens with two attached hydrogens (primary N) is 1. The average molecular weight is 319 g/mol. The Morgan fingerprint density at radius 2 is 2.14 bits per heavy atom. The first-order chi connectivity index (χ1) is 10.2. The third-order valence-corrected chi connectivity index (χ3v) is 5.64. The summed E-state index contributed by atoms with van der Waals surface area (Å²) in [5.41, 5.74) is 7.11. The fourth-order valence-electron chi connectivity index (χ4n) is 3.66. The van der Waals surface area contributed by atoms with Crippen molar-refractivity contribution in [2.24, 2.45) is 0 Å². The molecule has 2 N–H and O–H groups in total. The fraction of sp³-hybridized carbons (Fsp3) is 0.625. The maximum absolute atomic E-state index is 12.2. The van der Waals surface area contributed by atoms with E-state index in [0.717, 1.165) is 12.0 Å². The molecule has 6 heteroatoms. The van der Waals surface area contributed by atoms with Crippen molar-refractivity contribution in [2.45, 2.75) is 51.0 Å². The van der Waals surface area contributed by atoms with Crippen molar-refractivity contribution in [3.05, 3.63) is 16.0 Å². The molecule has 1 aromatic rings. The smallest absolute Gasteiger partial charge is 0.410 e. The predicted molar refractivity (Wildman–Crippen MR) is 86.0 cm³/mol. The van der Waals surface area contributed by atoms with E-state index >= 15 is 0 Å². The number of fused-ring (bicyclic) bond motifs is 2. The number of hydrogen-bond donors (Lipinski definition) is 1. The van der Waals surface area contributed by atoms with Crippen LogP contribution in [0.3, 0.4) is 0 Å². The molecule has 1 atom stereocenters. The minimum atomic E-state index is -0.488. The number of carbonyl (C=O) groups is 1. The summed E-state index contributed by atoms with van der Waals surface area (Å²) in [6.07, 6.45) is 0.698. The topological polar surface area (TPSA) is 79.3 Å². The summed E-state index contributed by atoms with van der Waals surface area (Å²) in [4.78, 5) is 15.1. The Balaban J connectivity index is 1.83. The van der Waals surface area contributed by atoms with Crippen molar-refractivity contribution in [1.29, 1.82) is 5.26 Å². The molecule has 3 rings (SSSR count). The molecular weight excluding hydrogens is 298 g/mol. The normalized spacial score (nSPS) is 22.1. The molecule has 1 aromatic heterocycles. The SMILES string of the molecule is CC1CC2(CN(C(=O)OC(C)(C)C)C2)c2c1sc(N)c2C#N. The maximum atomic E-state index is 12.2. The molecule has 2 heterocycles. The second-order valence-electron chi connectivity index (χ2n) is 7.41. The first kappa shape index (κ1) is 15.2. The molecule has 1 aliphatic heterocycles. The number of nitriles is 1. The van der Waals surface area contributed by atoms with Crippen molar-refractivity contribution in [2.75, 3.05) is 18.8 Å². The number of rotatable bonds is 0. The number of hydrogen-bond acceptors (Lipinski definition) is 5. The van der Waals surface area contributed by atoms with Crippen molar-refractivity contribution < 1.29 is 9.53 Å². The highest BCUT2D eigenvalue weighted by Gasteiger charge is 2.55. The molecule has 1 aliphatic carbocycles. The van der Waals surface area contributed by atoms with E-state index in [1.807, 2.05) is 20.8 Å². The van der Waals surface area contributed by atoms with Gasteiger partial charge in [0.15, 0.2) is 0 Å². The van der Waals surface area contributed by atoms with Gasteiger partial charge in [-0.1, -0.05) is 6.92 Å². The van der Waals surface area contributed by atoms with Crippen molar-refractivity contribution in [3.63, 3.8) is 0 Å². The summed E-state index contributed by atoms with van der Waals surface area (Å²) >= 11 is 1.53. The molecule has 0 bridgehead atoms. The molecule has 1 amide bonds. The zero-order valence-electron chi connectivity index (χ0n) is 13.4. The minimum absolute atomic E-state index is 0.106. The minimum Gasteiger partial charge on any atom is -0.444 e. The van der Waals surface area contributed by atoms with Crippen LogP contribution in [0.15, 0.2) is 0 Å². The van der Waals surface area contributed by atoms with Gasteiger partial charge in [-0.3, -0.25) is 0 Å². The van der Waals surface area contributed by atoms with E-state index in [1.165, 1.54) is 16.2 Å². The Kier molecular flexibility index (Phi) is 3.19. The molecule has 0 aromatic carbocycles. The fourth-order valence-corrected chi connectivity index (χ4v) is 4.85. The Morgan fingerprint density at radius 1 is 1.50 bits per heavy atom. The molecule has 22 heavy (non-hydrogen) atoms. The van der Waals surface area contributed by atoms with E-state index < -0.39 is 5.60 Å². The van der Waals surface area contributed by atoms with Crippen LogP contribution in [0.1, 0.15) is 56.0 Å². The lowest BCUT2D eigenvalue weighted by Gasteiger charge is -2.48. The number of anilines is 1. The average Bonchev–Trinajstić information content (AvgIpc) is 2.80. The van der Waals surface area contributed by atoms with Gasteiger partial charge in [0.25, 0.3) is 0 Å². The van der Waals surface area contributed by atoms with Gasteiger partial charge in [-0.05, 0) is 38.7 Å². The van der Waals surface area contributed by atoms with Gasteiger partial charge in [0, 0.05) is 23.4 Å². The van der Waals surface area contributed by atoms with E-state index in [4.69, 9.17) is 10.5 Å². The molecule has 0 saturated carbocycles. The summed E-state index contributed by atoms with van der Waals surface area (Å²) in [5.74, 6) is 0.394. The van der Waals surface area contributed by atoms with E-state index in [9.17, 15) is 10.1 Å². The number of likely N-dealkylation sites (tertiary alicyclic amines) is 1. The number of thiophene rings is 1. The van der Waals surface area contributed by atoms with E-state index in [0.29, 0.717) is 29.6 Å². The molecule has 2 aliphatic rings. The largest absolute Gasteiger partial charge is 0.444 e. The molecule has 1 unspecified atom stereocenters. The Morgan fingerprint density at radius 3 is 2.68 bits per heavy atom. The van der Waals surface area contributed by atoms with Crippen LogP contribution in [0.5, 0.6) is 0 Å². The van der Waals surface area contributed by atoms with Crippen molar-refractivity contribution in [3.8, 4) is 6.07 Å². The van der Waals surface area contributed by atoms with Crippen LogP contribution >= 0.6 is 11.3 Å². The summed E-state index contributed by atoms with van der Waals surface area (Å²) in [6, 6.07) is 2.25. The monoisotopic (exact) mass is 319 g/mol. The molecule has 5 nitrogen and oxygen atoms in total. The summed E-state index contributed by atoms with van der Waals surface area (Å²) < 4.78 is 5.42. The lowest BCUT2D eigenvalue weighted by Crippen LogP contribution is -2.61. The highest BCUT2D eigenvalue weighted by Crippen LogP contribution is 2.56. The number of carbonyl (C=O) groups excluding carboxylic acids is 1. The number of ether oxygens (including phenoxy) is 1. The first-order valence-electron chi connectivity index (χ1n) is 7.47. The lowest BCUT2D eigenvalue weighted by molar-refractivity contribution is -0.0104. The van der Waals surface area contributed by atoms with Crippen molar-refractivity contribution >= 4 is 22.4 Å². The van der Waals surface area contributed by atoms with Gasteiger partial charge in [-0.25, -0.2) is 4.79 Å². The highest BCUT2D eigenvalue weighted by molar-refractivity contribution is 7.16. The summed E-state index contributed by atoms with van der Waals surface area (Å²) in [5, 5.41) is 10.0. The Bertz CT molecular complexity index is 675. The lowest BCUT2D eigenvalue weighted by atomic mass is 9.73. The van der Waals surface area contributed by atoms with Crippen LogP contribution in [0.2, 0.25) is 0 Å². The quantitative estimate of drug-likeness (QED) is 0.796. The second-order valence-corrected chi connectivity index (χ2v) is 8.50. The van der Waals surface area contributed by atoms with Crippen LogP contribution in [0.25, 0.3) is 0 Å². The predicted octanol–water partition coefficient (Wildman–Crippen LogP) is 3.20. The number of nitrogen functional groups attached to an aromatic ring is 1. The van der Waals surface area contributed by atoms with Gasteiger partial charge < -0.3 is 15.4 Å². The number of amides is 1.